The molecule has 0 radical (unpaired) electrons. The van der Waals surface area contributed by atoms with Gasteiger partial charge in [0.25, 0.3) is 0 Å². The maximum Gasteiger partial charge on any atom is 0.131 e. The van der Waals surface area contributed by atoms with Crippen molar-refractivity contribution in [2.45, 2.75) is 12.3 Å². The third kappa shape index (κ3) is 2.39. The molecule has 4 heteroatoms. The lowest BCUT2D eigenvalue weighted by Crippen LogP contribution is -1.93. The summed E-state index contributed by atoms with van der Waals surface area (Å²) in [5.74, 6) is -0.211. The Bertz CT molecular complexity index is 762. The number of thiophene rings is 1. The van der Waals surface area contributed by atoms with Gasteiger partial charge < -0.3 is 0 Å². The summed E-state index contributed by atoms with van der Waals surface area (Å²) in [6, 6.07) is 12.7. The average Bonchev–Trinajstić information content (AvgIpc) is 2.79. The average molecular weight is 370 g/mol. The first kappa shape index (κ1) is 14.1. The zero-order valence-corrected chi connectivity index (χ0v) is 13.8. The molecule has 0 aliphatic carbocycles. The van der Waals surface area contributed by atoms with Gasteiger partial charge in [0.05, 0.1) is 5.38 Å². The van der Waals surface area contributed by atoms with E-state index < -0.39 is 0 Å². The Morgan fingerprint density at radius 3 is 2.50 bits per heavy atom. The predicted octanol–water partition coefficient (Wildman–Crippen LogP) is 6.44. The third-order valence-electron chi connectivity index (χ3n) is 3.30. The highest BCUT2D eigenvalue weighted by Gasteiger charge is 2.18. The largest absolute Gasteiger partial charge is 0.206 e. The fourth-order valence-electron chi connectivity index (χ4n) is 2.27. The standard InChI is InChI=1S/C16H11BrClFS/c1-9-13(17)8-15(20-9)16(18)12-6-7-14(19)11-5-3-2-4-10(11)12/h2-8,16H,1H3. The van der Waals surface area contributed by atoms with Crippen LogP contribution in [0.25, 0.3) is 10.8 Å². The second-order valence-corrected chi connectivity index (χ2v) is 7.18. The molecule has 0 N–H and O–H groups in total. The highest BCUT2D eigenvalue weighted by molar-refractivity contribution is 9.10. The maximum atomic E-state index is 13.9. The lowest BCUT2D eigenvalue weighted by molar-refractivity contribution is 0.639. The Morgan fingerprint density at radius 2 is 1.85 bits per heavy atom. The van der Waals surface area contributed by atoms with Gasteiger partial charge in [-0.3, -0.25) is 0 Å². The van der Waals surface area contributed by atoms with Crippen LogP contribution in [0.15, 0.2) is 46.9 Å². The Balaban J connectivity index is 2.17. The molecule has 0 saturated carbocycles. The smallest absolute Gasteiger partial charge is 0.131 e. The van der Waals surface area contributed by atoms with Crippen LogP contribution >= 0.6 is 38.9 Å². The highest BCUT2D eigenvalue weighted by Crippen LogP contribution is 2.40. The van der Waals surface area contributed by atoms with Crippen LogP contribution in [0.4, 0.5) is 4.39 Å². The summed E-state index contributed by atoms with van der Waals surface area (Å²) in [4.78, 5) is 2.25. The first-order valence-corrected chi connectivity index (χ1v) is 8.19. The number of hydrogen-bond donors (Lipinski definition) is 0. The van der Waals surface area contributed by atoms with Crippen LogP contribution in [0.5, 0.6) is 0 Å². The minimum atomic E-state index is -0.268. The normalized spacial score (nSPS) is 12.8. The van der Waals surface area contributed by atoms with E-state index in [9.17, 15) is 4.39 Å². The molecule has 1 unspecified atom stereocenters. The molecular formula is C16H11BrClFS. The molecule has 0 aliphatic heterocycles. The summed E-state index contributed by atoms with van der Waals surface area (Å²) in [6.45, 7) is 2.05. The Kier molecular flexibility index (Phi) is 3.85. The van der Waals surface area contributed by atoms with Gasteiger partial charge in [0, 0.05) is 19.6 Å². The topological polar surface area (TPSA) is 0 Å². The molecule has 1 aromatic heterocycles. The molecule has 20 heavy (non-hydrogen) atoms. The lowest BCUT2D eigenvalue weighted by atomic mass is 10.0. The van der Waals surface area contributed by atoms with Crippen molar-refractivity contribution < 1.29 is 4.39 Å². The first-order valence-electron chi connectivity index (χ1n) is 6.15. The van der Waals surface area contributed by atoms with E-state index >= 15 is 0 Å². The minimum absolute atomic E-state index is 0.211. The van der Waals surface area contributed by atoms with Gasteiger partial charge in [0.15, 0.2) is 0 Å². The maximum absolute atomic E-state index is 13.9. The molecule has 0 saturated heterocycles. The molecule has 0 nitrogen and oxygen atoms in total. The molecule has 0 amide bonds. The predicted molar refractivity (Wildman–Crippen MR) is 88.4 cm³/mol. The van der Waals surface area contributed by atoms with Gasteiger partial charge in [-0.2, -0.15) is 0 Å². The first-order chi connectivity index (χ1) is 9.58. The van der Waals surface area contributed by atoms with Gasteiger partial charge in [-0.15, -0.1) is 22.9 Å². The molecule has 0 spiro atoms. The lowest BCUT2D eigenvalue weighted by Gasteiger charge is -2.12. The number of aryl methyl sites for hydroxylation is 1. The van der Waals surface area contributed by atoms with Crippen LogP contribution in [0.2, 0.25) is 0 Å². The quantitative estimate of drug-likeness (QED) is 0.456. The van der Waals surface area contributed by atoms with E-state index in [2.05, 4.69) is 15.9 Å². The highest BCUT2D eigenvalue weighted by atomic mass is 79.9. The molecule has 0 aliphatic rings. The van der Waals surface area contributed by atoms with Gasteiger partial charge in [-0.05, 0) is 45.9 Å². The third-order valence-corrected chi connectivity index (χ3v) is 6.10. The van der Waals surface area contributed by atoms with Gasteiger partial charge in [0.2, 0.25) is 0 Å². The van der Waals surface area contributed by atoms with Crippen molar-refractivity contribution in [2.75, 3.05) is 0 Å². The summed E-state index contributed by atoms with van der Waals surface area (Å²) in [7, 11) is 0. The number of halogens is 3. The molecule has 3 rings (SSSR count). The number of benzene rings is 2. The van der Waals surface area contributed by atoms with Crippen LogP contribution < -0.4 is 0 Å². The van der Waals surface area contributed by atoms with Crippen molar-refractivity contribution >= 4 is 49.6 Å². The van der Waals surface area contributed by atoms with Crippen LogP contribution in [0, 0.1) is 12.7 Å². The van der Waals surface area contributed by atoms with Crippen LogP contribution in [-0.2, 0) is 0 Å². The van der Waals surface area contributed by atoms with Gasteiger partial charge in [-0.1, -0.05) is 30.3 Å². The fourth-order valence-corrected chi connectivity index (χ4v) is 4.21. The van der Waals surface area contributed by atoms with Crippen molar-refractivity contribution in [3.63, 3.8) is 0 Å². The molecule has 3 aromatic rings. The van der Waals surface area contributed by atoms with E-state index in [1.807, 2.05) is 31.2 Å². The van der Waals surface area contributed by atoms with E-state index in [-0.39, 0.29) is 11.2 Å². The monoisotopic (exact) mass is 368 g/mol. The Hall–Kier alpha value is -0.900. The fraction of sp³-hybridized carbons (Fsp3) is 0.125. The zero-order valence-electron chi connectivity index (χ0n) is 10.7. The molecule has 0 fully saturated rings. The van der Waals surface area contributed by atoms with Crippen molar-refractivity contribution in [3.05, 3.63) is 68.1 Å². The second kappa shape index (κ2) is 5.47. The van der Waals surface area contributed by atoms with E-state index in [1.54, 1.807) is 23.5 Å². The van der Waals surface area contributed by atoms with E-state index in [0.29, 0.717) is 5.39 Å². The van der Waals surface area contributed by atoms with Gasteiger partial charge in [-0.25, -0.2) is 4.39 Å². The number of hydrogen-bond acceptors (Lipinski definition) is 1. The summed E-state index contributed by atoms with van der Waals surface area (Å²) in [5, 5.41) is 1.22. The van der Waals surface area contributed by atoms with E-state index in [4.69, 9.17) is 11.6 Å². The number of fused-ring (bicyclic) bond motifs is 1. The Labute approximate surface area is 134 Å². The van der Waals surface area contributed by atoms with Crippen LogP contribution in [0.1, 0.15) is 20.7 Å². The van der Waals surface area contributed by atoms with Crippen molar-refractivity contribution in [1.29, 1.82) is 0 Å². The van der Waals surface area contributed by atoms with Gasteiger partial charge >= 0.3 is 0 Å². The SMILES string of the molecule is Cc1sc(C(Cl)c2ccc(F)c3ccccc23)cc1Br. The molecule has 0 bridgehead atoms. The van der Waals surface area contributed by atoms with E-state index in [1.165, 1.54) is 10.9 Å². The van der Waals surface area contributed by atoms with E-state index in [0.717, 1.165) is 20.3 Å². The Morgan fingerprint density at radius 1 is 1.15 bits per heavy atom. The summed E-state index contributed by atoms with van der Waals surface area (Å²) >= 11 is 11.8. The van der Waals surface area contributed by atoms with Crippen LogP contribution in [-0.4, -0.2) is 0 Å². The van der Waals surface area contributed by atoms with Crippen LogP contribution in [0.3, 0.4) is 0 Å². The summed E-state index contributed by atoms with van der Waals surface area (Å²) in [6.07, 6.45) is 0. The molecule has 2 aromatic carbocycles. The van der Waals surface area contributed by atoms with Crippen molar-refractivity contribution in [3.8, 4) is 0 Å². The van der Waals surface area contributed by atoms with Crippen molar-refractivity contribution in [1.82, 2.24) is 0 Å². The zero-order chi connectivity index (χ0) is 14.3. The molecular weight excluding hydrogens is 359 g/mol. The molecule has 1 heterocycles. The summed E-state index contributed by atoms with van der Waals surface area (Å²) in [5.41, 5.74) is 0.942. The summed E-state index contributed by atoms with van der Waals surface area (Å²) < 4.78 is 14.9. The number of alkyl halides is 1. The second-order valence-electron chi connectivity index (χ2n) is 4.60. The van der Waals surface area contributed by atoms with Crippen molar-refractivity contribution in [2.24, 2.45) is 0 Å². The minimum Gasteiger partial charge on any atom is -0.206 e. The molecule has 1 atom stereocenters. The molecule has 102 valence electrons. The number of rotatable bonds is 2. The van der Waals surface area contributed by atoms with Gasteiger partial charge in [0.1, 0.15) is 5.82 Å².